The summed E-state index contributed by atoms with van der Waals surface area (Å²) in [6, 6.07) is 12.7. The van der Waals surface area contributed by atoms with Gasteiger partial charge in [-0.2, -0.15) is 9.78 Å². The highest BCUT2D eigenvalue weighted by Crippen LogP contribution is 2.36. The van der Waals surface area contributed by atoms with Crippen LogP contribution in [0.15, 0.2) is 71.6 Å². The summed E-state index contributed by atoms with van der Waals surface area (Å²) in [5.74, 6) is -2.09. The van der Waals surface area contributed by atoms with Crippen molar-refractivity contribution in [1.29, 1.82) is 0 Å². The predicted molar refractivity (Wildman–Crippen MR) is 146 cm³/mol. The van der Waals surface area contributed by atoms with Crippen molar-refractivity contribution in [3.8, 4) is 17.3 Å². The third-order valence-electron chi connectivity index (χ3n) is 6.06. The Morgan fingerprint density at radius 3 is 2.27 bits per heavy atom. The molecule has 0 saturated carbocycles. The van der Waals surface area contributed by atoms with Gasteiger partial charge in [0.2, 0.25) is 15.9 Å². The lowest BCUT2D eigenvalue weighted by atomic mass is 10.2. The van der Waals surface area contributed by atoms with Gasteiger partial charge in [-0.3, -0.25) is 14.9 Å². The van der Waals surface area contributed by atoms with Gasteiger partial charge in [-0.25, -0.2) is 21.9 Å². The first-order valence-electron chi connectivity index (χ1n) is 12.3. The standard InChI is InChI=1S/C27H25F2N5O6S/c1-4-16(2)32-41(38,39)24-15-22(34(36)37)13-14-23(24)40-27-17(3)25(26(35)30-20-9-5-18(28)6-10-20)31-33(27)21-11-7-19(29)8-12-21/h5-16,32H,4H2,1-3H3,(H,30,35)/t16-/m1/s1. The molecular formula is C27H25F2N5O6S. The topological polar surface area (TPSA) is 145 Å². The van der Waals surface area contributed by atoms with Crippen molar-refractivity contribution < 1.29 is 31.7 Å². The number of benzene rings is 3. The highest BCUT2D eigenvalue weighted by Gasteiger charge is 2.28. The molecule has 0 unspecified atom stereocenters. The van der Waals surface area contributed by atoms with E-state index < -0.39 is 49.1 Å². The molecule has 0 aliphatic heterocycles. The molecule has 4 rings (SSSR count). The Kier molecular flexibility index (Phi) is 8.44. The van der Waals surface area contributed by atoms with E-state index in [0.717, 1.165) is 42.5 Å². The molecule has 0 radical (unpaired) electrons. The number of carbonyl (C=O) groups is 1. The zero-order valence-corrected chi connectivity index (χ0v) is 22.9. The van der Waals surface area contributed by atoms with E-state index in [0.29, 0.717) is 6.42 Å². The Hall–Kier alpha value is -4.69. The second-order valence-electron chi connectivity index (χ2n) is 9.05. The Labute approximate surface area is 234 Å². The average Bonchev–Trinajstić information content (AvgIpc) is 3.25. The molecule has 0 aliphatic carbocycles. The lowest BCUT2D eigenvalue weighted by molar-refractivity contribution is -0.385. The number of hydrogen-bond acceptors (Lipinski definition) is 7. The number of carbonyl (C=O) groups excluding carboxylic acids is 1. The summed E-state index contributed by atoms with van der Waals surface area (Å²) >= 11 is 0. The summed E-state index contributed by atoms with van der Waals surface area (Å²) in [6.45, 7) is 4.90. The molecule has 14 heteroatoms. The monoisotopic (exact) mass is 585 g/mol. The number of nitro groups is 1. The van der Waals surface area contributed by atoms with Crippen molar-refractivity contribution in [2.24, 2.45) is 0 Å². The minimum atomic E-state index is -4.30. The largest absolute Gasteiger partial charge is 0.437 e. The van der Waals surface area contributed by atoms with Crippen molar-refractivity contribution in [2.75, 3.05) is 5.32 Å². The van der Waals surface area contributed by atoms with Crippen molar-refractivity contribution in [3.05, 3.63) is 99.7 Å². The van der Waals surface area contributed by atoms with E-state index >= 15 is 0 Å². The molecule has 3 aromatic carbocycles. The van der Waals surface area contributed by atoms with Crippen LogP contribution in [0, 0.1) is 28.7 Å². The lowest BCUT2D eigenvalue weighted by Crippen LogP contribution is -2.32. The van der Waals surface area contributed by atoms with Crippen LogP contribution >= 0.6 is 0 Å². The Morgan fingerprint density at radius 1 is 1.07 bits per heavy atom. The number of ether oxygens (including phenoxy) is 1. The predicted octanol–water partition coefficient (Wildman–Crippen LogP) is 5.49. The Balaban J connectivity index is 1.84. The van der Waals surface area contributed by atoms with Crippen molar-refractivity contribution in [2.45, 2.75) is 38.1 Å². The quantitative estimate of drug-likeness (QED) is 0.185. The van der Waals surface area contributed by atoms with Crippen LogP contribution in [0.5, 0.6) is 11.6 Å². The van der Waals surface area contributed by atoms with Gasteiger partial charge < -0.3 is 10.1 Å². The van der Waals surface area contributed by atoms with Crippen LogP contribution in [-0.4, -0.2) is 35.1 Å². The van der Waals surface area contributed by atoms with Crippen LogP contribution in [-0.2, 0) is 10.0 Å². The zero-order valence-electron chi connectivity index (χ0n) is 22.1. The van der Waals surface area contributed by atoms with Gasteiger partial charge in [0.15, 0.2) is 5.69 Å². The van der Waals surface area contributed by atoms with E-state index in [4.69, 9.17) is 4.74 Å². The molecule has 1 atom stereocenters. The number of sulfonamides is 1. The molecule has 0 aliphatic rings. The fourth-order valence-corrected chi connectivity index (χ4v) is 5.19. The van der Waals surface area contributed by atoms with E-state index in [2.05, 4.69) is 15.1 Å². The number of rotatable bonds is 10. The van der Waals surface area contributed by atoms with Crippen molar-refractivity contribution in [1.82, 2.24) is 14.5 Å². The molecule has 4 aromatic rings. The second kappa shape index (κ2) is 11.8. The molecule has 0 fully saturated rings. The number of aromatic nitrogens is 2. The van der Waals surface area contributed by atoms with E-state index in [1.54, 1.807) is 13.8 Å². The molecule has 214 valence electrons. The highest BCUT2D eigenvalue weighted by molar-refractivity contribution is 7.89. The number of anilines is 1. The Morgan fingerprint density at radius 2 is 1.68 bits per heavy atom. The maximum atomic E-state index is 13.7. The van der Waals surface area contributed by atoms with E-state index in [1.807, 2.05) is 0 Å². The molecule has 0 saturated heterocycles. The van der Waals surface area contributed by atoms with Gasteiger partial charge in [0.05, 0.1) is 10.6 Å². The average molecular weight is 586 g/mol. The van der Waals surface area contributed by atoms with Gasteiger partial charge in [-0.1, -0.05) is 6.92 Å². The molecule has 2 N–H and O–H groups in total. The van der Waals surface area contributed by atoms with Gasteiger partial charge in [0.1, 0.15) is 22.3 Å². The normalized spacial score (nSPS) is 12.1. The third-order valence-corrected chi connectivity index (χ3v) is 7.67. The molecule has 41 heavy (non-hydrogen) atoms. The van der Waals surface area contributed by atoms with E-state index in [9.17, 15) is 32.1 Å². The molecule has 1 heterocycles. The highest BCUT2D eigenvalue weighted by atomic mass is 32.2. The van der Waals surface area contributed by atoms with Crippen LogP contribution in [0.3, 0.4) is 0 Å². The van der Waals surface area contributed by atoms with Crippen LogP contribution in [0.1, 0.15) is 36.3 Å². The van der Waals surface area contributed by atoms with Crippen LogP contribution in [0.25, 0.3) is 5.69 Å². The summed E-state index contributed by atoms with van der Waals surface area (Å²) in [5, 5.41) is 18.4. The fraction of sp³-hybridized carbons (Fsp3) is 0.185. The molecule has 1 aromatic heterocycles. The van der Waals surface area contributed by atoms with Crippen molar-refractivity contribution in [3.63, 3.8) is 0 Å². The number of non-ortho nitro benzene ring substituents is 1. The third kappa shape index (κ3) is 6.56. The number of halogens is 2. The van der Waals surface area contributed by atoms with Gasteiger partial charge in [-0.05, 0) is 74.9 Å². The summed E-state index contributed by atoms with van der Waals surface area (Å²) in [7, 11) is -4.30. The fourth-order valence-electron chi connectivity index (χ4n) is 3.72. The van der Waals surface area contributed by atoms with Gasteiger partial charge in [0, 0.05) is 29.4 Å². The maximum absolute atomic E-state index is 13.7. The van der Waals surface area contributed by atoms with Crippen LogP contribution < -0.4 is 14.8 Å². The zero-order chi connectivity index (χ0) is 29.9. The van der Waals surface area contributed by atoms with Gasteiger partial charge in [0.25, 0.3) is 11.6 Å². The molecule has 0 spiro atoms. The molecule has 11 nitrogen and oxygen atoms in total. The van der Waals surface area contributed by atoms with Crippen molar-refractivity contribution >= 4 is 27.3 Å². The number of nitro benzene ring substituents is 1. The van der Waals surface area contributed by atoms with Gasteiger partial charge in [-0.15, -0.1) is 0 Å². The Bertz CT molecular complexity index is 1710. The minimum Gasteiger partial charge on any atom is -0.437 e. The van der Waals surface area contributed by atoms with E-state index in [-0.39, 0.29) is 34.3 Å². The number of hydrogen-bond donors (Lipinski definition) is 2. The van der Waals surface area contributed by atoms with Crippen LogP contribution in [0.2, 0.25) is 0 Å². The van der Waals surface area contributed by atoms with E-state index in [1.165, 1.54) is 35.9 Å². The summed E-state index contributed by atoms with van der Waals surface area (Å²) in [6.07, 6.45) is 0.452. The molecule has 0 bridgehead atoms. The lowest BCUT2D eigenvalue weighted by Gasteiger charge is -2.16. The smallest absolute Gasteiger partial charge is 0.276 e. The summed E-state index contributed by atoms with van der Waals surface area (Å²) in [4.78, 5) is 23.3. The van der Waals surface area contributed by atoms with Crippen LogP contribution in [0.4, 0.5) is 20.2 Å². The number of nitrogens with zero attached hydrogens (tertiary/aromatic N) is 3. The number of nitrogens with one attached hydrogen (secondary N) is 2. The molecule has 1 amide bonds. The first-order valence-corrected chi connectivity index (χ1v) is 13.8. The first-order chi connectivity index (χ1) is 19.4. The summed E-state index contributed by atoms with van der Waals surface area (Å²) < 4.78 is 63.1. The maximum Gasteiger partial charge on any atom is 0.276 e. The number of amides is 1. The van der Waals surface area contributed by atoms with Gasteiger partial charge >= 0.3 is 0 Å². The minimum absolute atomic E-state index is 0.102. The molecular weight excluding hydrogens is 560 g/mol. The SMILES string of the molecule is CC[C@@H](C)NS(=O)(=O)c1cc([N+](=O)[O-])ccc1Oc1c(C)c(C(=O)Nc2ccc(F)cc2)nn1-c1ccc(F)cc1. The second-order valence-corrected chi connectivity index (χ2v) is 10.7. The summed E-state index contributed by atoms with van der Waals surface area (Å²) in [5.41, 5.74) is 0.122. The first kappa shape index (κ1) is 29.3.